The average molecular weight is 895 g/mol. The van der Waals surface area contributed by atoms with Crippen LogP contribution in [0.15, 0.2) is 60.7 Å². The zero-order valence-electron chi connectivity index (χ0n) is 40.3. The number of hydrogen-bond donors (Lipinski definition) is 2. The maximum Gasteiger partial charge on any atom is 0.309 e. The second kappa shape index (κ2) is 25.0. The summed E-state index contributed by atoms with van der Waals surface area (Å²) in [7, 11) is 0. The number of fused-ring (bicyclic) bond motifs is 2. The van der Waals surface area contributed by atoms with Crippen molar-refractivity contribution in [2.45, 2.75) is 144 Å². The van der Waals surface area contributed by atoms with Crippen LogP contribution in [0.1, 0.15) is 130 Å². The minimum Gasteiger partial charge on any atom is -0.508 e. The van der Waals surface area contributed by atoms with E-state index < -0.39 is 0 Å². The second-order valence-electron chi connectivity index (χ2n) is 19.7. The van der Waals surface area contributed by atoms with Gasteiger partial charge in [-0.1, -0.05) is 39.8 Å². The molecule has 2 saturated carbocycles. The van der Waals surface area contributed by atoms with Crippen LogP contribution >= 0.6 is 0 Å². The maximum absolute atomic E-state index is 11.9. The third-order valence-corrected chi connectivity index (χ3v) is 14.3. The number of aliphatic hydroxyl groups is 1. The van der Waals surface area contributed by atoms with Crippen molar-refractivity contribution in [3.63, 3.8) is 0 Å². The van der Waals surface area contributed by atoms with Crippen molar-refractivity contribution in [2.24, 2.45) is 35.5 Å². The van der Waals surface area contributed by atoms with Crippen LogP contribution in [0, 0.1) is 35.5 Å². The summed E-state index contributed by atoms with van der Waals surface area (Å²) in [6, 6.07) is 19.8. The van der Waals surface area contributed by atoms with E-state index in [1.54, 1.807) is 12.1 Å². The van der Waals surface area contributed by atoms with Crippen LogP contribution in [0.4, 0.5) is 0 Å². The molecule has 0 amide bonds. The highest BCUT2D eigenvalue weighted by Crippen LogP contribution is 2.33. The molecule has 0 spiro atoms. The first-order valence-corrected chi connectivity index (χ1v) is 25.0. The van der Waals surface area contributed by atoms with Gasteiger partial charge < -0.3 is 24.4 Å². The fraction of sp³-hybridized carbons (Fsp3) is 0.630. The third-order valence-electron chi connectivity index (χ3n) is 14.3. The number of rotatable bonds is 12. The van der Waals surface area contributed by atoms with Crippen molar-refractivity contribution in [3.8, 4) is 11.5 Å². The molecule has 2 saturated heterocycles. The van der Waals surface area contributed by atoms with Crippen molar-refractivity contribution in [3.05, 3.63) is 72.1 Å². The number of esters is 2. The molecule has 0 radical (unpaired) electrons. The molecule has 4 aliphatic rings. The van der Waals surface area contributed by atoms with E-state index in [1.165, 1.54) is 25.7 Å². The van der Waals surface area contributed by atoms with E-state index in [0.717, 1.165) is 153 Å². The Kier molecular flexibility index (Phi) is 19.3. The fourth-order valence-electron chi connectivity index (χ4n) is 10.0. The van der Waals surface area contributed by atoms with E-state index in [-0.39, 0.29) is 35.6 Å². The Morgan fingerprint density at radius 3 is 1.51 bits per heavy atom. The average Bonchev–Trinajstić information content (AvgIpc) is 3.30. The zero-order valence-corrected chi connectivity index (χ0v) is 40.3. The van der Waals surface area contributed by atoms with E-state index in [9.17, 15) is 19.8 Å². The van der Waals surface area contributed by atoms with Crippen LogP contribution in [0.5, 0.6) is 11.5 Å². The molecule has 11 nitrogen and oxygen atoms in total. The van der Waals surface area contributed by atoms with Crippen molar-refractivity contribution >= 4 is 33.7 Å². The molecule has 0 atom stereocenters. The predicted molar refractivity (Wildman–Crippen MR) is 258 cm³/mol. The summed E-state index contributed by atoms with van der Waals surface area (Å²) in [5.41, 5.74) is 3.99. The van der Waals surface area contributed by atoms with Gasteiger partial charge >= 0.3 is 11.9 Å². The molecule has 4 heterocycles. The molecule has 356 valence electrons. The largest absolute Gasteiger partial charge is 0.508 e. The van der Waals surface area contributed by atoms with Gasteiger partial charge in [-0.05, 0) is 189 Å². The summed E-state index contributed by atoms with van der Waals surface area (Å²) in [6.45, 7) is 19.1. The van der Waals surface area contributed by atoms with Crippen molar-refractivity contribution < 1.29 is 34.0 Å². The van der Waals surface area contributed by atoms with E-state index in [0.29, 0.717) is 19.3 Å². The zero-order chi connectivity index (χ0) is 46.3. The minimum atomic E-state index is -0.0595. The van der Waals surface area contributed by atoms with Crippen LogP contribution in [0.2, 0.25) is 0 Å². The van der Waals surface area contributed by atoms with Crippen molar-refractivity contribution in [1.82, 2.24) is 19.8 Å². The van der Waals surface area contributed by atoms with Gasteiger partial charge in [-0.3, -0.25) is 29.4 Å². The molecule has 8 rings (SSSR count). The summed E-state index contributed by atoms with van der Waals surface area (Å²) < 4.78 is 16.6. The lowest BCUT2D eigenvalue weighted by atomic mass is 9.80. The van der Waals surface area contributed by atoms with Gasteiger partial charge in [-0.25, -0.2) is 0 Å². The number of likely N-dealkylation sites (tertiary alicyclic amines) is 2. The van der Waals surface area contributed by atoms with Crippen LogP contribution in [0.3, 0.4) is 0 Å². The molecule has 65 heavy (non-hydrogen) atoms. The Morgan fingerprint density at radius 1 is 0.600 bits per heavy atom. The standard InChI is InChI=1S/C27H38N2O3.C18H22N2O3.C9H18O/c1-4-31-27(30)21-13-15-29(16-14-21)18-23-8-5-22-17-25(11-12-26(22)28-23)32-24-9-6-20(7-10-24)19(2)3;1-2-23-18(22)13-7-9-20(10-8-13)12-15-4-3-14-11-16(21)5-6-17(14)19-15;1-7(2)8-3-5-9(10)6-4-8/h5,8,11-12,17,19-21,24H,4,6-7,9-10,13-16,18H2,1-3H3;3-6,11,13,21H,2,7-10,12H2,1H3;7-10H,3-6H2,1-2H3. The highest BCUT2D eigenvalue weighted by molar-refractivity contribution is 5.81. The highest BCUT2D eigenvalue weighted by atomic mass is 16.5. The Hall–Kier alpha value is -4.32. The number of phenolic OH excluding ortho intramolecular Hbond substituents is 1. The number of piperidine rings is 2. The number of pyridine rings is 2. The molecule has 0 unspecified atom stereocenters. The van der Waals surface area contributed by atoms with Gasteiger partial charge in [0.15, 0.2) is 0 Å². The van der Waals surface area contributed by atoms with E-state index in [1.807, 2.05) is 32.0 Å². The molecule has 2 aliphatic carbocycles. The number of phenols is 1. The van der Waals surface area contributed by atoms with Gasteiger partial charge in [0.05, 0.1) is 59.7 Å². The number of benzene rings is 2. The molecule has 4 fully saturated rings. The number of aliphatic hydroxyl groups excluding tert-OH is 1. The number of aromatic hydroxyl groups is 1. The van der Waals surface area contributed by atoms with Crippen molar-refractivity contribution in [2.75, 3.05) is 39.4 Å². The molecule has 2 aliphatic heterocycles. The first kappa shape index (κ1) is 50.1. The molecule has 2 N–H and O–H groups in total. The van der Waals surface area contributed by atoms with Gasteiger partial charge in [0, 0.05) is 23.9 Å². The summed E-state index contributed by atoms with van der Waals surface area (Å²) in [5.74, 6) is 4.53. The number of hydrogen-bond acceptors (Lipinski definition) is 11. The van der Waals surface area contributed by atoms with Crippen LogP contribution < -0.4 is 4.74 Å². The smallest absolute Gasteiger partial charge is 0.309 e. The normalized spacial score (nSPS) is 22.5. The van der Waals surface area contributed by atoms with E-state index >= 15 is 0 Å². The summed E-state index contributed by atoms with van der Waals surface area (Å²) in [5, 5.41) is 20.8. The third kappa shape index (κ3) is 15.4. The van der Waals surface area contributed by atoms with Gasteiger partial charge in [-0.15, -0.1) is 0 Å². The van der Waals surface area contributed by atoms with Gasteiger partial charge in [0.2, 0.25) is 0 Å². The summed E-state index contributed by atoms with van der Waals surface area (Å²) >= 11 is 0. The van der Waals surface area contributed by atoms with E-state index in [2.05, 4.69) is 72.8 Å². The quantitative estimate of drug-likeness (QED) is 0.132. The maximum atomic E-state index is 11.9. The first-order chi connectivity index (χ1) is 31.4. The Balaban J connectivity index is 0.000000184. The molecule has 11 heteroatoms. The molecular formula is C54H78N4O7. The van der Waals surface area contributed by atoms with Gasteiger partial charge in [0.1, 0.15) is 11.5 Å². The number of carbonyl (C=O) groups excluding carboxylic acids is 2. The monoisotopic (exact) mass is 895 g/mol. The number of nitrogens with zero attached hydrogens (tertiary/aromatic N) is 4. The lowest BCUT2D eigenvalue weighted by Gasteiger charge is -2.31. The summed E-state index contributed by atoms with van der Waals surface area (Å²) in [6.07, 6.45) is 13.2. The first-order valence-electron chi connectivity index (χ1n) is 25.0. The number of ether oxygens (including phenoxy) is 3. The topological polar surface area (TPSA) is 135 Å². The SMILES string of the molecule is CC(C)C1CCC(O)CC1.CCOC(=O)C1CCN(Cc2ccc3cc(O)ccc3n2)CC1.CCOC(=O)C1CCN(Cc2ccc3cc(OC4CCC(C(C)C)CC4)ccc3n2)CC1. The molecule has 2 aromatic carbocycles. The molecule has 2 aromatic heterocycles. The highest BCUT2D eigenvalue weighted by Gasteiger charge is 2.28. The molecule has 4 aromatic rings. The van der Waals surface area contributed by atoms with Gasteiger partial charge in [-0.2, -0.15) is 0 Å². The summed E-state index contributed by atoms with van der Waals surface area (Å²) in [4.78, 5) is 37.9. The Labute approximate surface area is 388 Å². The van der Waals surface area contributed by atoms with E-state index in [4.69, 9.17) is 19.2 Å². The lowest BCUT2D eigenvalue weighted by Crippen LogP contribution is -2.36. The number of aromatic nitrogens is 2. The van der Waals surface area contributed by atoms with Crippen LogP contribution in [0.25, 0.3) is 21.8 Å². The van der Waals surface area contributed by atoms with Crippen molar-refractivity contribution in [1.29, 1.82) is 0 Å². The Bertz CT molecular complexity index is 2080. The lowest BCUT2D eigenvalue weighted by molar-refractivity contribution is -0.150. The van der Waals surface area contributed by atoms with Gasteiger partial charge in [0.25, 0.3) is 0 Å². The second-order valence-corrected chi connectivity index (χ2v) is 19.7. The molecule has 0 bridgehead atoms. The van der Waals surface area contributed by atoms with Crippen LogP contribution in [-0.2, 0) is 32.2 Å². The predicted octanol–water partition coefficient (Wildman–Crippen LogP) is 10.5. The van der Waals surface area contributed by atoms with Crippen LogP contribution in [-0.4, -0.2) is 93.5 Å². The fourth-order valence-corrected chi connectivity index (χ4v) is 10.0. The minimum absolute atomic E-state index is 0.00926. The Morgan fingerprint density at radius 2 is 1.05 bits per heavy atom. The number of carbonyl (C=O) groups is 2. The molecular weight excluding hydrogens is 817 g/mol.